The van der Waals surface area contributed by atoms with E-state index in [1.54, 1.807) is 59.5 Å². The normalized spacial score (nSPS) is 13.3. The predicted molar refractivity (Wildman–Crippen MR) is 189 cm³/mol. The summed E-state index contributed by atoms with van der Waals surface area (Å²) in [6, 6.07) is 46.3. The van der Waals surface area contributed by atoms with Crippen LogP contribution >= 0.6 is 0 Å². The number of halogens is 3. The van der Waals surface area contributed by atoms with Crippen LogP contribution in [-0.2, 0) is 15.5 Å². The van der Waals surface area contributed by atoms with Crippen LogP contribution in [0.5, 0.6) is 5.75 Å². The molecular weight excluding hydrogens is 646 g/mol. The van der Waals surface area contributed by atoms with Gasteiger partial charge in [-0.05, 0) is 82.9 Å². The van der Waals surface area contributed by atoms with Gasteiger partial charge in [-0.2, -0.15) is 21.6 Å². The van der Waals surface area contributed by atoms with Crippen molar-refractivity contribution in [3.05, 3.63) is 163 Å². The fraction of sp³-hybridized carbons (Fsp3) is 0.100. The summed E-state index contributed by atoms with van der Waals surface area (Å²) in [5, 5.41) is 0. The monoisotopic (exact) mass is 676 g/mol. The summed E-state index contributed by atoms with van der Waals surface area (Å²) < 4.78 is 71.8. The number of hydrogen-bond donors (Lipinski definition) is 0. The number of para-hydroxylation sites is 4. The Bertz CT molecular complexity index is 2200. The van der Waals surface area contributed by atoms with Crippen molar-refractivity contribution in [3.63, 3.8) is 0 Å². The summed E-state index contributed by atoms with van der Waals surface area (Å²) in [6.45, 7) is 4.37. The van der Waals surface area contributed by atoms with Crippen molar-refractivity contribution in [3.8, 4) is 16.9 Å². The lowest BCUT2D eigenvalue weighted by Gasteiger charge is -2.34. The van der Waals surface area contributed by atoms with Crippen molar-refractivity contribution >= 4 is 44.2 Å². The van der Waals surface area contributed by atoms with Crippen LogP contribution in [0.4, 0.5) is 47.3 Å². The van der Waals surface area contributed by atoms with Gasteiger partial charge in [-0.1, -0.05) is 105 Å². The zero-order chi connectivity index (χ0) is 34.4. The third kappa shape index (κ3) is 5.70. The molecule has 0 amide bonds. The predicted octanol–water partition coefficient (Wildman–Crippen LogP) is 11.2. The Hall–Kier alpha value is -5.54. The first kappa shape index (κ1) is 32.0. The Morgan fingerprint density at radius 2 is 1.06 bits per heavy atom. The maximum absolute atomic E-state index is 13.9. The van der Waals surface area contributed by atoms with E-state index < -0.39 is 21.4 Å². The molecule has 7 rings (SSSR count). The lowest BCUT2D eigenvalue weighted by Crippen LogP contribution is -2.29. The highest BCUT2D eigenvalue weighted by molar-refractivity contribution is 7.88. The largest absolute Gasteiger partial charge is 0.534 e. The van der Waals surface area contributed by atoms with E-state index >= 15 is 0 Å². The van der Waals surface area contributed by atoms with E-state index in [9.17, 15) is 21.6 Å². The molecule has 5 nitrogen and oxygen atoms in total. The van der Waals surface area contributed by atoms with E-state index in [1.165, 1.54) is 17.7 Å². The first-order chi connectivity index (χ1) is 23.5. The number of nitrogens with zero attached hydrogens (tertiary/aromatic N) is 2. The van der Waals surface area contributed by atoms with Crippen LogP contribution < -0.4 is 14.0 Å². The van der Waals surface area contributed by atoms with Gasteiger partial charge in [0.25, 0.3) is 0 Å². The Morgan fingerprint density at radius 3 is 1.63 bits per heavy atom. The van der Waals surface area contributed by atoms with Crippen LogP contribution in [0.1, 0.15) is 25.0 Å². The summed E-state index contributed by atoms with van der Waals surface area (Å²) in [4.78, 5) is 3.62. The van der Waals surface area contributed by atoms with Crippen LogP contribution in [-0.4, -0.2) is 13.9 Å². The third-order valence-electron chi connectivity index (χ3n) is 8.79. The highest BCUT2D eigenvalue weighted by atomic mass is 32.2. The quantitative estimate of drug-likeness (QED) is 0.119. The summed E-state index contributed by atoms with van der Waals surface area (Å²) >= 11 is 0. The van der Waals surface area contributed by atoms with Gasteiger partial charge in [0.1, 0.15) is 5.69 Å². The summed E-state index contributed by atoms with van der Waals surface area (Å²) in [5.74, 6) is -0.490. The molecule has 0 unspecified atom stereocenters. The smallest absolute Gasteiger partial charge is 0.374 e. The molecule has 246 valence electrons. The van der Waals surface area contributed by atoms with Crippen LogP contribution in [0.2, 0.25) is 0 Å². The molecule has 1 aliphatic carbocycles. The summed E-state index contributed by atoms with van der Waals surface area (Å²) in [6.07, 6.45) is 0. The molecule has 6 aromatic rings. The third-order valence-corrected chi connectivity index (χ3v) is 9.76. The zero-order valence-electron chi connectivity index (χ0n) is 26.6. The van der Waals surface area contributed by atoms with Gasteiger partial charge < -0.3 is 14.0 Å². The number of hydrogen-bond acceptors (Lipinski definition) is 5. The maximum Gasteiger partial charge on any atom is 0.534 e. The molecule has 0 heterocycles. The van der Waals surface area contributed by atoms with E-state index in [0.29, 0.717) is 22.7 Å². The number of fused-ring (bicyclic) bond motifs is 3. The highest BCUT2D eigenvalue weighted by Gasteiger charge is 2.49. The average molecular weight is 677 g/mol. The molecule has 0 atom stereocenters. The van der Waals surface area contributed by atoms with Crippen LogP contribution in [0.15, 0.2) is 152 Å². The van der Waals surface area contributed by atoms with Gasteiger partial charge >= 0.3 is 15.6 Å². The van der Waals surface area contributed by atoms with Gasteiger partial charge in [0, 0.05) is 28.2 Å². The van der Waals surface area contributed by atoms with Crippen molar-refractivity contribution in [2.24, 2.45) is 0 Å². The Labute approximate surface area is 283 Å². The minimum atomic E-state index is -6.04. The van der Waals surface area contributed by atoms with Gasteiger partial charge in [0.05, 0.1) is 5.69 Å². The molecule has 0 aromatic heterocycles. The minimum Gasteiger partial charge on any atom is -0.374 e. The summed E-state index contributed by atoms with van der Waals surface area (Å²) in [5.41, 5.74) is 1.64. The molecule has 6 aromatic carbocycles. The zero-order valence-corrected chi connectivity index (χ0v) is 27.4. The van der Waals surface area contributed by atoms with Crippen molar-refractivity contribution in [2.45, 2.75) is 24.8 Å². The van der Waals surface area contributed by atoms with Crippen LogP contribution in [0, 0.1) is 0 Å². The Kier molecular flexibility index (Phi) is 7.95. The second-order valence-electron chi connectivity index (χ2n) is 12.2. The molecule has 0 bridgehead atoms. The van der Waals surface area contributed by atoms with E-state index in [0.717, 1.165) is 22.4 Å². The minimum absolute atomic E-state index is 0.0952. The number of rotatable bonds is 8. The number of anilines is 6. The molecule has 9 heteroatoms. The summed E-state index contributed by atoms with van der Waals surface area (Å²) in [7, 11) is -6.04. The molecule has 0 aliphatic heterocycles. The van der Waals surface area contributed by atoms with Gasteiger partial charge in [0.2, 0.25) is 0 Å². The lowest BCUT2D eigenvalue weighted by molar-refractivity contribution is -0.0499. The fourth-order valence-corrected chi connectivity index (χ4v) is 7.03. The molecule has 0 saturated heterocycles. The topological polar surface area (TPSA) is 49.9 Å². The second kappa shape index (κ2) is 12.2. The van der Waals surface area contributed by atoms with Crippen molar-refractivity contribution in [1.82, 2.24) is 0 Å². The van der Waals surface area contributed by atoms with Crippen LogP contribution in [0.25, 0.3) is 11.1 Å². The molecule has 1 aliphatic rings. The Balaban J connectivity index is 1.54. The molecule has 49 heavy (non-hydrogen) atoms. The standard InChI is InChI=1S/C40H31F3N2O3S/c1-39(2)34-22-13-12-21-32(34)33-27-31(25-26-35(33)39)44(28-15-6-3-7-16-28)36-23-14-24-37(48-49(46,47)40(41,42)43)38(36)45(29-17-8-4-9-18-29)30-19-10-5-11-20-30/h3-27H,1-2H3. The lowest BCUT2D eigenvalue weighted by atomic mass is 9.82. The molecule has 0 radical (unpaired) electrons. The molecular formula is C40H31F3N2O3S. The van der Waals surface area contributed by atoms with Crippen molar-refractivity contribution < 1.29 is 25.8 Å². The maximum atomic E-state index is 13.9. The van der Waals surface area contributed by atoms with E-state index in [1.807, 2.05) is 65.6 Å². The fourth-order valence-electron chi connectivity index (χ4n) is 6.56. The van der Waals surface area contributed by atoms with Gasteiger partial charge in [0.15, 0.2) is 5.75 Å². The van der Waals surface area contributed by atoms with Gasteiger partial charge in [-0.3, -0.25) is 0 Å². The van der Waals surface area contributed by atoms with Crippen molar-refractivity contribution in [1.29, 1.82) is 0 Å². The Morgan fingerprint density at radius 1 is 0.551 bits per heavy atom. The average Bonchev–Trinajstić information content (AvgIpc) is 3.32. The number of alkyl halides is 3. The number of benzene rings is 6. The van der Waals surface area contributed by atoms with E-state index in [4.69, 9.17) is 4.18 Å². The SMILES string of the molecule is CC1(C)c2ccccc2-c2cc(N(c3ccccc3)c3cccc(OS(=O)(=O)C(F)(F)F)c3N(c3ccccc3)c3ccccc3)ccc21. The van der Waals surface area contributed by atoms with E-state index in [2.05, 4.69) is 38.1 Å². The molecule has 0 saturated carbocycles. The second-order valence-corrected chi connectivity index (χ2v) is 13.7. The first-order valence-corrected chi connectivity index (χ1v) is 17.0. The molecule has 0 N–H and O–H groups in total. The molecule has 0 spiro atoms. The van der Waals surface area contributed by atoms with Crippen molar-refractivity contribution in [2.75, 3.05) is 9.80 Å². The first-order valence-electron chi connectivity index (χ1n) is 15.6. The van der Waals surface area contributed by atoms with Gasteiger partial charge in [-0.25, -0.2) is 0 Å². The van der Waals surface area contributed by atoms with E-state index in [-0.39, 0.29) is 11.1 Å². The highest BCUT2D eigenvalue weighted by Crippen LogP contribution is 2.53. The van der Waals surface area contributed by atoms with Crippen LogP contribution in [0.3, 0.4) is 0 Å². The molecule has 0 fully saturated rings. The van der Waals surface area contributed by atoms with Gasteiger partial charge in [-0.15, -0.1) is 0 Å².